The van der Waals surface area contributed by atoms with Crippen molar-refractivity contribution >= 4 is 32.9 Å². The van der Waals surface area contributed by atoms with Gasteiger partial charge in [0, 0.05) is 22.0 Å². The van der Waals surface area contributed by atoms with Crippen LogP contribution in [-0.4, -0.2) is 5.97 Å². The molecule has 3 rings (SSSR count). The van der Waals surface area contributed by atoms with E-state index in [1.54, 1.807) is 42.5 Å². The quantitative estimate of drug-likeness (QED) is 0.389. The minimum Gasteiger partial charge on any atom is -0.423 e. The van der Waals surface area contributed by atoms with Crippen LogP contribution >= 0.6 is 15.9 Å². The number of benzene rings is 2. The predicted molar refractivity (Wildman–Crippen MR) is 91.0 cm³/mol. The van der Waals surface area contributed by atoms with E-state index in [4.69, 9.17) is 9.15 Å². The minimum absolute atomic E-state index is 0.335. The molecule has 0 radical (unpaired) electrons. The summed E-state index contributed by atoms with van der Waals surface area (Å²) in [6.45, 7) is 1.97. The molecule has 0 aliphatic heterocycles. The molecule has 0 atom stereocenters. The van der Waals surface area contributed by atoms with Crippen molar-refractivity contribution in [1.82, 2.24) is 0 Å². The summed E-state index contributed by atoms with van der Waals surface area (Å²) in [5.74, 6) is -0.132. The minimum atomic E-state index is -0.467. The Hall–Kier alpha value is -2.40. The summed E-state index contributed by atoms with van der Waals surface area (Å²) in [7, 11) is 0. The molecule has 23 heavy (non-hydrogen) atoms. The van der Waals surface area contributed by atoms with Crippen molar-refractivity contribution in [3.63, 3.8) is 0 Å². The fourth-order valence-corrected chi connectivity index (χ4v) is 2.58. The first-order valence-corrected chi connectivity index (χ1v) is 7.90. The maximum Gasteiger partial charge on any atom is 0.343 e. The van der Waals surface area contributed by atoms with Gasteiger partial charge in [-0.05, 0) is 48.4 Å². The molecule has 2 aromatic carbocycles. The normalized spacial score (nSPS) is 10.7. The predicted octanol–water partition coefficient (Wildman–Crippen LogP) is 4.34. The molecule has 0 spiro atoms. The number of rotatable bonds is 3. The van der Waals surface area contributed by atoms with Gasteiger partial charge in [-0.3, -0.25) is 0 Å². The zero-order chi connectivity index (χ0) is 16.4. The fraction of sp³-hybridized carbons (Fsp3) is 0.111. The largest absolute Gasteiger partial charge is 0.423 e. The molecule has 5 heteroatoms. The summed E-state index contributed by atoms with van der Waals surface area (Å²) >= 11 is 3.31. The summed E-state index contributed by atoms with van der Waals surface area (Å²) in [6, 6.07) is 13.4. The lowest BCUT2D eigenvalue weighted by molar-refractivity contribution is 0.0735. The van der Waals surface area contributed by atoms with Crippen molar-refractivity contribution in [2.75, 3.05) is 0 Å². The summed E-state index contributed by atoms with van der Waals surface area (Å²) in [6.07, 6.45) is 0.722. The number of esters is 1. The SMILES string of the molecule is CCc1cc(=O)oc2cc(OC(=O)c3ccc(Br)cc3)ccc12. The van der Waals surface area contributed by atoms with Gasteiger partial charge in [-0.1, -0.05) is 22.9 Å². The third kappa shape index (κ3) is 3.35. The number of hydrogen-bond donors (Lipinski definition) is 0. The Morgan fingerprint density at radius 3 is 2.57 bits per heavy atom. The number of fused-ring (bicyclic) bond motifs is 1. The van der Waals surface area contributed by atoms with E-state index in [1.165, 1.54) is 6.07 Å². The second kappa shape index (κ2) is 6.38. The zero-order valence-electron chi connectivity index (χ0n) is 12.3. The Bertz CT molecular complexity index is 926. The molecule has 1 aromatic heterocycles. The van der Waals surface area contributed by atoms with Gasteiger partial charge >= 0.3 is 11.6 Å². The highest BCUT2D eigenvalue weighted by atomic mass is 79.9. The molecule has 0 aliphatic rings. The van der Waals surface area contributed by atoms with E-state index in [9.17, 15) is 9.59 Å². The van der Waals surface area contributed by atoms with E-state index in [0.717, 1.165) is 21.8 Å². The molecule has 0 N–H and O–H groups in total. The lowest BCUT2D eigenvalue weighted by atomic mass is 10.1. The standard InChI is InChI=1S/C18H13BrO4/c1-2-11-9-17(20)23-16-10-14(7-8-15(11)16)22-18(21)12-3-5-13(19)6-4-12/h3-10H,2H2,1H3. The highest BCUT2D eigenvalue weighted by molar-refractivity contribution is 9.10. The van der Waals surface area contributed by atoms with Crippen molar-refractivity contribution < 1.29 is 13.9 Å². The maximum absolute atomic E-state index is 12.1. The Labute approximate surface area is 140 Å². The monoisotopic (exact) mass is 372 g/mol. The van der Waals surface area contributed by atoms with Gasteiger partial charge < -0.3 is 9.15 Å². The average molecular weight is 373 g/mol. The average Bonchev–Trinajstić information content (AvgIpc) is 2.54. The van der Waals surface area contributed by atoms with Gasteiger partial charge in [-0.15, -0.1) is 0 Å². The van der Waals surface area contributed by atoms with E-state index in [1.807, 2.05) is 6.92 Å². The van der Waals surface area contributed by atoms with E-state index >= 15 is 0 Å². The van der Waals surface area contributed by atoms with Gasteiger partial charge in [0.05, 0.1) is 5.56 Å². The van der Waals surface area contributed by atoms with Crippen molar-refractivity contribution in [2.24, 2.45) is 0 Å². The van der Waals surface area contributed by atoms with Crippen molar-refractivity contribution in [1.29, 1.82) is 0 Å². The number of halogens is 1. The topological polar surface area (TPSA) is 56.5 Å². The zero-order valence-corrected chi connectivity index (χ0v) is 13.9. The van der Waals surface area contributed by atoms with Gasteiger partial charge in [-0.2, -0.15) is 0 Å². The third-order valence-electron chi connectivity index (χ3n) is 3.47. The number of hydrogen-bond acceptors (Lipinski definition) is 4. The molecule has 0 unspecified atom stereocenters. The van der Waals surface area contributed by atoms with Gasteiger partial charge in [0.15, 0.2) is 0 Å². The van der Waals surface area contributed by atoms with E-state index in [2.05, 4.69) is 15.9 Å². The molecule has 0 fully saturated rings. The van der Waals surface area contributed by atoms with Crippen molar-refractivity contribution in [3.05, 3.63) is 74.6 Å². The number of ether oxygens (including phenoxy) is 1. The number of aryl methyl sites for hydroxylation is 1. The summed E-state index contributed by atoms with van der Waals surface area (Å²) < 4.78 is 11.4. The number of carbonyl (C=O) groups excluding carboxylic acids is 1. The Kier molecular flexibility index (Phi) is 4.30. The fourth-order valence-electron chi connectivity index (χ4n) is 2.32. The van der Waals surface area contributed by atoms with Gasteiger partial charge in [0.25, 0.3) is 0 Å². The van der Waals surface area contributed by atoms with Crippen LogP contribution in [0.3, 0.4) is 0 Å². The van der Waals surface area contributed by atoms with Gasteiger partial charge in [-0.25, -0.2) is 9.59 Å². The first-order valence-electron chi connectivity index (χ1n) is 7.11. The van der Waals surface area contributed by atoms with Crippen LogP contribution in [0, 0.1) is 0 Å². The first-order chi connectivity index (χ1) is 11.1. The molecule has 4 nitrogen and oxygen atoms in total. The van der Waals surface area contributed by atoms with Crippen molar-refractivity contribution in [3.8, 4) is 5.75 Å². The molecule has 0 saturated carbocycles. The second-order valence-electron chi connectivity index (χ2n) is 5.00. The third-order valence-corrected chi connectivity index (χ3v) is 4.00. The summed E-state index contributed by atoms with van der Waals surface area (Å²) in [4.78, 5) is 23.7. The lowest BCUT2D eigenvalue weighted by Gasteiger charge is -2.07. The lowest BCUT2D eigenvalue weighted by Crippen LogP contribution is -2.08. The molecule has 0 saturated heterocycles. The van der Waals surface area contributed by atoms with E-state index in [0.29, 0.717) is 16.9 Å². The van der Waals surface area contributed by atoms with E-state index in [-0.39, 0.29) is 0 Å². The van der Waals surface area contributed by atoms with Crippen LogP contribution in [0.15, 0.2) is 62.2 Å². The molecule has 3 aromatic rings. The van der Waals surface area contributed by atoms with Gasteiger partial charge in [0.1, 0.15) is 11.3 Å². The highest BCUT2D eigenvalue weighted by Gasteiger charge is 2.11. The molecule has 116 valence electrons. The Balaban J connectivity index is 1.93. The second-order valence-corrected chi connectivity index (χ2v) is 5.91. The maximum atomic E-state index is 12.1. The Morgan fingerprint density at radius 1 is 1.13 bits per heavy atom. The Morgan fingerprint density at radius 2 is 1.87 bits per heavy atom. The van der Waals surface area contributed by atoms with Crippen molar-refractivity contribution in [2.45, 2.75) is 13.3 Å². The number of carbonyl (C=O) groups is 1. The molecule has 0 bridgehead atoms. The van der Waals surface area contributed by atoms with Crippen LogP contribution in [0.25, 0.3) is 11.0 Å². The smallest absolute Gasteiger partial charge is 0.343 e. The van der Waals surface area contributed by atoms with Gasteiger partial charge in [0.2, 0.25) is 0 Å². The molecule has 0 aliphatic carbocycles. The van der Waals surface area contributed by atoms with Crippen LogP contribution < -0.4 is 10.4 Å². The first kappa shape index (κ1) is 15.5. The van der Waals surface area contributed by atoms with E-state index < -0.39 is 11.6 Å². The van der Waals surface area contributed by atoms with Crippen LogP contribution in [0.4, 0.5) is 0 Å². The van der Waals surface area contributed by atoms with Crippen LogP contribution in [-0.2, 0) is 6.42 Å². The van der Waals surface area contributed by atoms with Crippen LogP contribution in [0.2, 0.25) is 0 Å². The molecular formula is C18H13BrO4. The summed E-state index contributed by atoms with van der Waals surface area (Å²) in [5.41, 5.74) is 1.35. The molecule has 0 amide bonds. The summed E-state index contributed by atoms with van der Waals surface area (Å²) in [5, 5.41) is 0.843. The highest BCUT2D eigenvalue weighted by Crippen LogP contribution is 2.24. The molecule has 1 heterocycles. The molecular weight excluding hydrogens is 360 g/mol. The van der Waals surface area contributed by atoms with Crippen LogP contribution in [0.5, 0.6) is 5.75 Å². The van der Waals surface area contributed by atoms with Crippen LogP contribution in [0.1, 0.15) is 22.8 Å².